The summed E-state index contributed by atoms with van der Waals surface area (Å²) < 4.78 is 5.62. The van der Waals surface area contributed by atoms with E-state index in [9.17, 15) is 19.7 Å². The molecule has 0 spiro atoms. The molecule has 0 aliphatic carbocycles. The first kappa shape index (κ1) is 20.6. The number of benzene rings is 1. The molecule has 1 aliphatic rings. The van der Waals surface area contributed by atoms with E-state index >= 15 is 0 Å². The maximum absolute atomic E-state index is 12.6. The molecule has 0 bridgehead atoms. The van der Waals surface area contributed by atoms with Gasteiger partial charge in [-0.05, 0) is 13.1 Å². The van der Waals surface area contributed by atoms with Crippen LogP contribution in [0.3, 0.4) is 0 Å². The number of carboxylic acid groups (broad SMARTS) is 1. The number of amides is 1. The Morgan fingerprint density at radius 2 is 2.04 bits per heavy atom. The maximum atomic E-state index is 12.6. The fraction of sp³-hybridized carbons (Fsp3) is 0.529. The number of nitrogens with zero attached hydrogens (tertiary/aromatic N) is 4. The minimum atomic E-state index is -0.924. The molecule has 1 unspecified atom stereocenters. The van der Waals surface area contributed by atoms with Gasteiger partial charge in [0.2, 0.25) is 5.91 Å². The van der Waals surface area contributed by atoms with Crippen molar-refractivity contribution in [2.75, 3.05) is 58.3 Å². The molecule has 1 aromatic carbocycles. The second kappa shape index (κ2) is 9.28. The summed E-state index contributed by atoms with van der Waals surface area (Å²) in [6, 6.07) is 6.28. The number of nitro benzene ring substituents is 1. The van der Waals surface area contributed by atoms with Crippen molar-refractivity contribution in [3.63, 3.8) is 0 Å². The number of hydrogen-bond acceptors (Lipinski definition) is 7. The smallest absolute Gasteiger partial charge is 0.317 e. The van der Waals surface area contributed by atoms with Gasteiger partial charge in [0.25, 0.3) is 5.69 Å². The van der Waals surface area contributed by atoms with Crippen molar-refractivity contribution < 1.29 is 24.4 Å². The summed E-state index contributed by atoms with van der Waals surface area (Å²) in [5, 5.41) is 20.0. The summed E-state index contributed by atoms with van der Waals surface area (Å²) in [6.07, 6.45) is -0.275. The fourth-order valence-corrected chi connectivity index (χ4v) is 3.03. The minimum Gasteiger partial charge on any atom is -0.480 e. The van der Waals surface area contributed by atoms with Gasteiger partial charge in [-0.25, -0.2) is 0 Å². The standard InChI is InChI=1S/C17H24N4O6/c1-18(12-17(23)24)9-13-10-20(7-8-27-13)16(22)11-19(2)14-5-3-4-6-15(14)21(25)26/h3-6,13H,7-12H2,1-2H3,(H,23,24). The summed E-state index contributed by atoms with van der Waals surface area (Å²) in [5.41, 5.74) is 0.324. The normalized spacial score (nSPS) is 17.0. The Kier molecular flexibility index (Phi) is 7.08. The lowest BCUT2D eigenvalue weighted by atomic mass is 10.2. The van der Waals surface area contributed by atoms with Crippen molar-refractivity contribution >= 4 is 23.3 Å². The number of anilines is 1. The molecule has 0 aromatic heterocycles. The van der Waals surface area contributed by atoms with E-state index < -0.39 is 10.9 Å². The lowest BCUT2D eigenvalue weighted by molar-refractivity contribution is -0.384. The Labute approximate surface area is 157 Å². The van der Waals surface area contributed by atoms with Gasteiger partial charge in [0.05, 0.1) is 30.7 Å². The van der Waals surface area contributed by atoms with Gasteiger partial charge in [0.15, 0.2) is 0 Å². The Bertz CT molecular complexity index is 698. The molecule has 1 N–H and O–H groups in total. The predicted molar refractivity (Wildman–Crippen MR) is 97.8 cm³/mol. The molecule has 1 saturated heterocycles. The highest BCUT2D eigenvalue weighted by Crippen LogP contribution is 2.26. The molecule has 10 nitrogen and oxygen atoms in total. The van der Waals surface area contributed by atoms with Crippen LogP contribution in [0.2, 0.25) is 0 Å². The van der Waals surface area contributed by atoms with Gasteiger partial charge in [0, 0.05) is 32.7 Å². The topological polar surface area (TPSA) is 116 Å². The van der Waals surface area contributed by atoms with Crippen LogP contribution in [0.5, 0.6) is 0 Å². The number of nitro groups is 1. The maximum Gasteiger partial charge on any atom is 0.317 e. The Morgan fingerprint density at radius 1 is 1.33 bits per heavy atom. The van der Waals surface area contributed by atoms with Crippen LogP contribution in [0.4, 0.5) is 11.4 Å². The summed E-state index contributed by atoms with van der Waals surface area (Å²) >= 11 is 0. The van der Waals surface area contributed by atoms with Gasteiger partial charge < -0.3 is 19.6 Å². The molecule has 0 saturated carbocycles. The minimum absolute atomic E-state index is 0.00252. The average Bonchev–Trinajstić information content (AvgIpc) is 2.61. The number of likely N-dealkylation sites (N-methyl/N-ethyl adjacent to an activating group) is 2. The van der Waals surface area contributed by atoms with E-state index in [0.717, 1.165) is 0 Å². The molecule has 27 heavy (non-hydrogen) atoms. The third kappa shape index (κ3) is 5.90. The van der Waals surface area contributed by atoms with Gasteiger partial charge in [-0.15, -0.1) is 0 Å². The van der Waals surface area contributed by atoms with Crippen molar-refractivity contribution in [2.45, 2.75) is 6.10 Å². The van der Waals surface area contributed by atoms with Gasteiger partial charge >= 0.3 is 5.97 Å². The SMILES string of the molecule is CN(CC(=O)O)CC1CN(C(=O)CN(C)c2ccccc2[N+](=O)[O-])CCO1. The average molecular weight is 380 g/mol. The van der Waals surface area contributed by atoms with Crippen LogP contribution >= 0.6 is 0 Å². The number of aliphatic carboxylic acids is 1. The third-order valence-electron chi connectivity index (χ3n) is 4.27. The second-order valence-corrected chi connectivity index (χ2v) is 6.52. The third-order valence-corrected chi connectivity index (χ3v) is 4.27. The number of carbonyl (C=O) groups excluding carboxylic acids is 1. The van der Waals surface area contributed by atoms with Crippen molar-refractivity contribution in [1.29, 1.82) is 0 Å². The van der Waals surface area contributed by atoms with Crippen LogP contribution in [0.15, 0.2) is 24.3 Å². The molecule has 1 fully saturated rings. The molecule has 1 atom stereocenters. The van der Waals surface area contributed by atoms with Gasteiger partial charge in [-0.3, -0.25) is 24.6 Å². The van der Waals surface area contributed by atoms with E-state index in [0.29, 0.717) is 31.9 Å². The lowest BCUT2D eigenvalue weighted by Gasteiger charge is -2.35. The first-order valence-electron chi connectivity index (χ1n) is 8.52. The van der Waals surface area contributed by atoms with Crippen LogP contribution < -0.4 is 4.90 Å². The van der Waals surface area contributed by atoms with Gasteiger partial charge in [-0.2, -0.15) is 0 Å². The number of rotatable bonds is 8. The van der Waals surface area contributed by atoms with Crippen LogP contribution in [0.1, 0.15) is 0 Å². The molecule has 148 valence electrons. The fourth-order valence-electron chi connectivity index (χ4n) is 3.03. The predicted octanol–water partition coefficient (Wildman–Crippen LogP) is 0.275. The Morgan fingerprint density at radius 3 is 2.70 bits per heavy atom. The van der Waals surface area contributed by atoms with E-state index in [4.69, 9.17) is 9.84 Å². The van der Waals surface area contributed by atoms with Crippen molar-refractivity contribution in [1.82, 2.24) is 9.80 Å². The first-order chi connectivity index (χ1) is 12.8. The Hall–Kier alpha value is -2.72. The van der Waals surface area contributed by atoms with Crippen LogP contribution in [0.25, 0.3) is 0 Å². The molecule has 2 rings (SSSR count). The zero-order chi connectivity index (χ0) is 20.0. The zero-order valence-corrected chi connectivity index (χ0v) is 15.4. The molecular weight excluding hydrogens is 356 g/mol. The number of ether oxygens (including phenoxy) is 1. The molecule has 1 heterocycles. The van der Waals surface area contributed by atoms with Crippen LogP contribution in [0, 0.1) is 10.1 Å². The van der Waals surface area contributed by atoms with Crippen molar-refractivity contribution in [2.24, 2.45) is 0 Å². The summed E-state index contributed by atoms with van der Waals surface area (Å²) in [5.74, 6) is -1.09. The summed E-state index contributed by atoms with van der Waals surface area (Å²) in [7, 11) is 3.32. The Balaban J connectivity index is 1.95. The highest BCUT2D eigenvalue weighted by atomic mass is 16.6. The van der Waals surface area contributed by atoms with Gasteiger partial charge in [-0.1, -0.05) is 12.1 Å². The number of carboxylic acids is 1. The molecular formula is C17H24N4O6. The number of morpholine rings is 1. The monoisotopic (exact) mass is 380 g/mol. The second-order valence-electron chi connectivity index (χ2n) is 6.52. The summed E-state index contributed by atoms with van der Waals surface area (Å²) in [6.45, 7) is 1.45. The van der Waals surface area contributed by atoms with E-state index in [1.165, 1.54) is 6.07 Å². The first-order valence-corrected chi connectivity index (χ1v) is 8.52. The van der Waals surface area contributed by atoms with E-state index in [-0.39, 0.29) is 30.8 Å². The highest BCUT2D eigenvalue weighted by molar-refractivity contribution is 5.82. The molecule has 1 aromatic rings. The van der Waals surface area contributed by atoms with E-state index in [1.54, 1.807) is 47.0 Å². The van der Waals surface area contributed by atoms with E-state index in [2.05, 4.69) is 0 Å². The highest BCUT2D eigenvalue weighted by Gasteiger charge is 2.27. The zero-order valence-electron chi connectivity index (χ0n) is 15.4. The molecule has 1 amide bonds. The largest absolute Gasteiger partial charge is 0.480 e. The van der Waals surface area contributed by atoms with Crippen LogP contribution in [-0.2, 0) is 14.3 Å². The summed E-state index contributed by atoms with van der Waals surface area (Å²) in [4.78, 5) is 38.9. The lowest BCUT2D eigenvalue weighted by Crippen LogP contribution is -2.51. The van der Waals surface area contributed by atoms with Crippen molar-refractivity contribution in [3.05, 3.63) is 34.4 Å². The molecule has 1 aliphatic heterocycles. The molecule has 0 radical (unpaired) electrons. The number of hydrogen-bond donors (Lipinski definition) is 1. The van der Waals surface area contributed by atoms with E-state index in [1.807, 2.05) is 0 Å². The number of carbonyl (C=O) groups is 2. The molecule has 10 heteroatoms. The van der Waals surface area contributed by atoms with Crippen LogP contribution in [-0.4, -0.2) is 91.2 Å². The van der Waals surface area contributed by atoms with Crippen molar-refractivity contribution in [3.8, 4) is 0 Å². The van der Waals surface area contributed by atoms with Gasteiger partial charge in [0.1, 0.15) is 5.69 Å². The quantitative estimate of drug-likeness (QED) is 0.505. The number of para-hydroxylation sites is 2.